The molecule has 2 rings (SSSR count). The number of hydrogen-bond acceptors (Lipinski definition) is 3. The van der Waals surface area contributed by atoms with E-state index in [1.807, 2.05) is 0 Å². The van der Waals surface area contributed by atoms with Gasteiger partial charge in [-0.05, 0) is 31.4 Å². The summed E-state index contributed by atoms with van der Waals surface area (Å²) in [5.74, 6) is -6.57. The molecule has 0 aliphatic carbocycles. The Hall–Kier alpha value is -1.76. The van der Waals surface area contributed by atoms with Gasteiger partial charge in [0, 0.05) is 13.1 Å². The SMILES string of the molecule is NCCC1CCN(C(=O)c2cc(F)c(F)c(O)c2F)C1. The minimum atomic E-state index is -1.69. The summed E-state index contributed by atoms with van der Waals surface area (Å²) in [6, 6.07) is 0.475. The highest BCUT2D eigenvalue weighted by atomic mass is 19.2. The van der Waals surface area contributed by atoms with Crippen LogP contribution < -0.4 is 5.73 Å². The van der Waals surface area contributed by atoms with Crippen molar-refractivity contribution in [1.29, 1.82) is 0 Å². The van der Waals surface area contributed by atoms with E-state index in [1.165, 1.54) is 4.90 Å². The molecule has 1 aliphatic rings. The predicted molar refractivity (Wildman–Crippen MR) is 65.7 cm³/mol. The molecule has 3 N–H and O–H groups in total. The number of halogens is 3. The summed E-state index contributed by atoms with van der Waals surface area (Å²) < 4.78 is 39.8. The Kier molecular flexibility index (Phi) is 4.17. The van der Waals surface area contributed by atoms with Gasteiger partial charge in [0.25, 0.3) is 5.91 Å². The van der Waals surface area contributed by atoms with Crippen LogP contribution in [0.3, 0.4) is 0 Å². The Labute approximate surface area is 114 Å². The minimum absolute atomic E-state index is 0.228. The average Bonchev–Trinajstić information content (AvgIpc) is 2.89. The molecule has 1 atom stereocenters. The second-order valence-corrected chi connectivity index (χ2v) is 4.87. The number of nitrogens with zero attached hydrogens (tertiary/aromatic N) is 1. The largest absolute Gasteiger partial charge is 0.503 e. The highest BCUT2D eigenvalue weighted by molar-refractivity contribution is 5.95. The number of hydrogen-bond donors (Lipinski definition) is 2. The van der Waals surface area contributed by atoms with Crippen LogP contribution in [0.4, 0.5) is 13.2 Å². The van der Waals surface area contributed by atoms with Crippen LogP contribution in [-0.2, 0) is 0 Å². The van der Waals surface area contributed by atoms with Crippen LogP contribution in [-0.4, -0.2) is 35.5 Å². The molecule has 1 aromatic rings. The fraction of sp³-hybridized carbons (Fsp3) is 0.462. The molecule has 0 saturated carbocycles. The van der Waals surface area contributed by atoms with Crippen molar-refractivity contribution in [2.24, 2.45) is 11.7 Å². The molecule has 1 fully saturated rings. The van der Waals surface area contributed by atoms with Crippen molar-refractivity contribution in [3.05, 3.63) is 29.1 Å². The molecule has 0 aromatic heterocycles. The van der Waals surface area contributed by atoms with Gasteiger partial charge in [-0.25, -0.2) is 8.78 Å². The van der Waals surface area contributed by atoms with Crippen LogP contribution in [0, 0.1) is 23.4 Å². The lowest BCUT2D eigenvalue weighted by Gasteiger charge is -2.17. The lowest BCUT2D eigenvalue weighted by molar-refractivity contribution is 0.0780. The Bertz CT molecular complexity index is 537. The summed E-state index contributed by atoms with van der Waals surface area (Å²) in [5, 5.41) is 9.12. The fourth-order valence-electron chi connectivity index (χ4n) is 2.40. The summed E-state index contributed by atoms with van der Waals surface area (Å²) in [7, 11) is 0. The molecule has 1 heterocycles. The van der Waals surface area contributed by atoms with E-state index in [1.54, 1.807) is 0 Å². The lowest BCUT2D eigenvalue weighted by atomic mass is 10.1. The zero-order chi connectivity index (χ0) is 14.9. The summed E-state index contributed by atoms with van der Waals surface area (Å²) in [6.45, 7) is 1.30. The molecule has 0 spiro atoms. The molecule has 0 radical (unpaired) electrons. The summed E-state index contributed by atoms with van der Waals surface area (Å²) >= 11 is 0. The number of phenols is 1. The van der Waals surface area contributed by atoms with Crippen molar-refractivity contribution >= 4 is 5.91 Å². The van der Waals surface area contributed by atoms with Gasteiger partial charge in [-0.15, -0.1) is 0 Å². The molecular formula is C13H15F3N2O2. The van der Waals surface area contributed by atoms with E-state index in [0.29, 0.717) is 25.7 Å². The first kappa shape index (κ1) is 14.6. The van der Waals surface area contributed by atoms with Crippen molar-refractivity contribution in [3.63, 3.8) is 0 Å². The standard InChI is InChI=1S/C13H15F3N2O2/c14-9-5-8(10(15)12(19)11(9)16)13(20)18-4-2-7(6-18)1-3-17/h5,7,19H,1-4,6,17H2. The van der Waals surface area contributed by atoms with Crippen molar-refractivity contribution < 1.29 is 23.1 Å². The van der Waals surface area contributed by atoms with Gasteiger partial charge in [0.15, 0.2) is 17.4 Å². The number of carbonyl (C=O) groups excluding carboxylic acids is 1. The third-order valence-corrected chi connectivity index (χ3v) is 3.51. The summed E-state index contributed by atoms with van der Waals surface area (Å²) in [6.07, 6.45) is 1.48. The molecule has 4 nitrogen and oxygen atoms in total. The maximum Gasteiger partial charge on any atom is 0.257 e. The number of likely N-dealkylation sites (tertiary alicyclic amines) is 1. The number of aromatic hydroxyl groups is 1. The van der Waals surface area contributed by atoms with Crippen LogP contribution in [0.1, 0.15) is 23.2 Å². The van der Waals surface area contributed by atoms with Gasteiger partial charge in [-0.3, -0.25) is 4.79 Å². The van der Waals surface area contributed by atoms with Crippen molar-refractivity contribution in [3.8, 4) is 5.75 Å². The van der Waals surface area contributed by atoms with Crippen LogP contribution in [0.5, 0.6) is 5.75 Å². The second-order valence-electron chi connectivity index (χ2n) is 4.87. The molecule has 20 heavy (non-hydrogen) atoms. The van der Waals surface area contributed by atoms with Gasteiger partial charge in [0.2, 0.25) is 5.82 Å². The van der Waals surface area contributed by atoms with E-state index in [0.717, 1.165) is 12.8 Å². The molecule has 1 saturated heterocycles. The normalized spacial score (nSPS) is 18.6. The number of rotatable bonds is 3. The number of carbonyl (C=O) groups is 1. The van der Waals surface area contributed by atoms with E-state index in [4.69, 9.17) is 10.8 Å². The summed E-state index contributed by atoms with van der Waals surface area (Å²) in [4.78, 5) is 13.4. The van der Waals surface area contributed by atoms with Gasteiger partial charge < -0.3 is 15.7 Å². The Morgan fingerprint density at radius 1 is 1.40 bits per heavy atom. The van der Waals surface area contributed by atoms with Crippen molar-refractivity contribution in [1.82, 2.24) is 4.90 Å². The second kappa shape index (κ2) is 5.70. The van der Waals surface area contributed by atoms with E-state index in [-0.39, 0.29) is 5.92 Å². The van der Waals surface area contributed by atoms with E-state index in [9.17, 15) is 18.0 Å². The van der Waals surface area contributed by atoms with Crippen LogP contribution in [0.15, 0.2) is 6.07 Å². The van der Waals surface area contributed by atoms with Crippen LogP contribution in [0.25, 0.3) is 0 Å². The fourth-order valence-corrected chi connectivity index (χ4v) is 2.40. The van der Waals surface area contributed by atoms with Gasteiger partial charge in [0.1, 0.15) is 0 Å². The zero-order valence-corrected chi connectivity index (χ0v) is 10.7. The third kappa shape index (κ3) is 2.58. The first-order valence-electron chi connectivity index (χ1n) is 6.31. The van der Waals surface area contributed by atoms with Crippen LogP contribution >= 0.6 is 0 Å². The van der Waals surface area contributed by atoms with E-state index < -0.39 is 34.7 Å². The molecule has 7 heteroatoms. The maximum atomic E-state index is 13.7. The predicted octanol–water partition coefficient (Wildman–Crippen LogP) is 1.62. The molecule has 0 bridgehead atoms. The Morgan fingerprint density at radius 2 is 2.10 bits per heavy atom. The van der Waals surface area contributed by atoms with Crippen LogP contribution in [0.2, 0.25) is 0 Å². The smallest absolute Gasteiger partial charge is 0.257 e. The first-order chi connectivity index (χ1) is 9.45. The van der Waals surface area contributed by atoms with E-state index in [2.05, 4.69) is 0 Å². The number of benzene rings is 1. The molecule has 1 aromatic carbocycles. The van der Waals surface area contributed by atoms with Crippen molar-refractivity contribution in [2.45, 2.75) is 12.8 Å². The van der Waals surface area contributed by atoms with Gasteiger partial charge in [-0.2, -0.15) is 4.39 Å². The minimum Gasteiger partial charge on any atom is -0.503 e. The molecule has 110 valence electrons. The molecule has 1 aliphatic heterocycles. The number of amides is 1. The Morgan fingerprint density at radius 3 is 2.75 bits per heavy atom. The lowest BCUT2D eigenvalue weighted by Crippen LogP contribution is -2.30. The molecule has 1 amide bonds. The maximum absolute atomic E-state index is 13.7. The quantitative estimate of drug-likeness (QED) is 0.831. The molecular weight excluding hydrogens is 273 g/mol. The third-order valence-electron chi connectivity index (χ3n) is 3.51. The zero-order valence-electron chi connectivity index (χ0n) is 10.7. The van der Waals surface area contributed by atoms with Gasteiger partial charge in [-0.1, -0.05) is 0 Å². The monoisotopic (exact) mass is 288 g/mol. The highest BCUT2D eigenvalue weighted by Gasteiger charge is 2.30. The topological polar surface area (TPSA) is 66.6 Å². The van der Waals surface area contributed by atoms with Crippen molar-refractivity contribution in [2.75, 3.05) is 19.6 Å². The highest BCUT2D eigenvalue weighted by Crippen LogP contribution is 2.28. The van der Waals surface area contributed by atoms with Gasteiger partial charge >= 0.3 is 0 Å². The summed E-state index contributed by atoms with van der Waals surface area (Å²) in [5.41, 5.74) is 4.78. The Balaban J connectivity index is 2.23. The number of nitrogens with two attached hydrogens (primary N) is 1. The average molecular weight is 288 g/mol. The first-order valence-corrected chi connectivity index (χ1v) is 6.31. The van der Waals surface area contributed by atoms with Gasteiger partial charge in [0.05, 0.1) is 5.56 Å². The molecule has 1 unspecified atom stereocenters. The number of phenolic OH excluding ortho intramolecular Hbond substituents is 1. The van der Waals surface area contributed by atoms with E-state index >= 15 is 0 Å².